The zero-order valence-corrected chi connectivity index (χ0v) is 24.9. The first-order valence-corrected chi connectivity index (χ1v) is 15.9. The van der Waals surface area contributed by atoms with Crippen LogP contribution in [0.4, 0.5) is 0 Å². The smallest absolute Gasteiger partial charge is 0.159 e. The summed E-state index contributed by atoms with van der Waals surface area (Å²) in [6, 6.07) is 50.0. The first kappa shape index (κ1) is 24.6. The second-order valence-corrected chi connectivity index (χ2v) is 12.5. The highest BCUT2D eigenvalue weighted by Crippen LogP contribution is 2.42. The van der Waals surface area contributed by atoms with Crippen molar-refractivity contribution in [1.82, 2.24) is 19.1 Å². The van der Waals surface area contributed by atoms with Crippen molar-refractivity contribution in [1.29, 1.82) is 0 Å². The molecule has 10 aromatic rings. The first-order chi connectivity index (χ1) is 22.3. The number of thiophene rings is 1. The lowest BCUT2D eigenvalue weighted by atomic mass is 10.1. The molecule has 0 aliphatic heterocycles. The van der Waals surface area contributed by atoms with Gasteiger partial charge in [0, 0.05) is 37.3 Å². The predicted molar refractivity (Wildman–Crippen MR) is 189 cm³/mol. The molecule has 0 spiro atoms. The summed E-state index contributed by atoms with van der Waals surface area (Å²) < 4.78 is 6.98. The van der Waals surface area contributed by atoms with Crippen molar-refractivity contribution < 1.29 is 0 Å². The molecule has 0 saturated heterocycles. The van der Waals surface area contributed by atoms with Gasteiger partial charge < -0.3 is 4.57 Å². The average molecular weight is 593 g/mol. The van der Waals surface area contributed by atoms with E-state index in [1.165, 1.54) is 48.4 Å². The standard InChI is InChI=1S/C40H24N4S/c1-2-10-25(11-3-1)26-18-20-27(21-19-26)43-33-15-7-6-14-30(33)31-22-32-37(23-36(31)43)45-39-38(32)41-24-42-40(39)44-34-16-8-4-12-28(34)29-13-5-9-17-35(29)44/h1-24H. The van der Waals surface area contributed by atoms with Crippen molar-refractivity contribution in [3.63, 3.8) is 0 Å². The van der Waals surface area contributed by atoms with Gasteiger partial charge in [-0.1, -0.05) is 97.1 Å². The summed E-state index contributed by atoms with van der Waals surface area (Å²) in [5.74, 6) is 0.924. The molecule has 5 heteroatoms. The third kappa shape index (κ3) is 3.53. The Morgan fingerprint density at radius 3 is 1.71 bits per heavy atom. The van der Waals surface area contributed by atoms with Crippen molar-refractivity contribution in [2.45, 2.75) is 0 Å². The van der Waals surface area contributed by atoms with Gasteiger partial charge in [0.05, 0.1) is 32.3 Å². The minimum atomic E-state index is 0.924. The molecular weight excluding hydrogens is 569 g/mol. The van der Waals surface area contributed by atoms with E-state index in [0.717, 1.165) is 38.1 Å². The molecule has 0 atom stereocenters. The van der Waals surface area contributed by atoms with Crippen LogP contribution in [0.2, 0.25) is 0 Å². The molecule has 0 N–H and O–H groups in total. The number of aromatic nitrogens is 4. The van der Waals surface area contributed by atoms with Crippen LogP contribution in [-0.4, -0.2) is 19.1 Å². The van der Waals surface area contributed by atoms with Crippen LogP contribution >= 0.6 is 11.3 Å². The van der Waals surface area contributed by atoms with Gasteiger partial charge in [0.2, 0.25) is 0 Å². The maximum Gasteiger partial charge on any atom is 0.159 e. The van der Waals surface area contributed by atoms with E-state index in [1.54, 1.807) is 17.7 Å². The molecule has 10 rings (SSSR count). The van der Waals surface area contributed by atoms with Gasteiger partial charge in [0.15, 0.2) is 5.82 Å². The molecule has 0 bridgehead atoms. The Kier molecular flexibility index (Phi) is 5.12. The second-order valence-electron chi connectivity index (χ2n) is 11.5. The molecule has 4 aromatic heterocycles. The highest BCUT2D eigenvalue weighted by Gasteiger charge is 2.20. The Hall–Kier alpha value is -5.78. The van der Waals surface area contributed by atoms with Gasteiger partial charge in [0.25, 0.3) is 0 Å². The normalized spacial score (nSPS) is 12.0. The van der Waals surface area contributed by atoms with Crippen LogP contribution in [0.5, 0.6) is 0 Å². The summed E-state index contributed by atoms with van der Waals surface area (Å²) >= 11 is 1.77. The maximum absolute atomic E-state index is 4.91. The Morgan fingerprint density at radius 2 is 1.02 bits per heavy atom. The lowest BCUT2D eigenvalue weighted by Gasteiger charge is -2.09. The van der Waals surface area contributed by atoms with Gasteiger partial charge >= 0.3 is 0 Å². The van der Waals surface area contributed by atoms with E-state index < -0.39 is 0 Å². The zero-order chi connectivity index (χ0) is 29.5. The third-order valence-corrected chi connectivity index (χ3v) is 10.2. The Bertz CT molecular complexity index is 2700. The summed E-state index contributed by atoms with van der Waals surface area (Å²) in [7, 11) is 0. The third-order valence-electron chi connectivity index (χ3n) is 9.05. The van der Waals surface area contributed by atoms with Crippen molar-refractivity contribution in [3.8, 4) is 22.6 Å². The summed E-state index contributed by atoms with van der Waals surface area (Å²) in [5.41, 5.74) is 9.26. The van der Waals surface area contributed by atoms with E-state index in [2.05, 4.69) is 149 Å². The SMILES string of the molecule is c1ccc(-c2ccc(-n3c4ccccc4c4cc5c(cc43)sc3c(-n4c6ccccc6c6ccccc64)ncnc35)cc2)cc1. The summed E-state index contributed by atoms with van der Waals surface area (Å²) in [6.45, 7) is 0. The fraction of sp³-hybridized carbons (Fsp3) is 0. The van der Waals surface area contributed by atoms with Crippen molar-refractivity contribution in [3.05, 3.63) is 146 Å². The van der Waals surface area contributed by atoms with Crippen molar-refractivity contribution in [2.75, 3.05) is 0 Å². The number of nitrogens with zero attached hydrogens (tertiary/aromatic N) is 4. The van der Waals surface area contributed by atoms with Gasteiger partial charge in [0.1, 0.15) is 6.33 Å². The van der Waals surface area contributed by atoms with Crippen LogP contribution in [0.25, 0.3) is 86.5 Å². The number of hydrogen-bond acceptors (Lipinski definition) is 3. The molecule has 0 radical (unpaired) electrons. The average Bonchev–Trinajstić information content (AvgIpc) is 3.75. The van der Waals surface area contributed by atoms with Gasteiger partial charge in [-0.15, -0.1) is 11.3 Å². The van der Waals surface area contributed by atoms with Gasteiger partial charge in [-0.25, -0.2) is 9.97 Å². The number of para-hydroxylation sites is 3. The van der Waals surface area contributed by atoms with E-state index in [-0.39, 0.29) is 0 Å². The fourth-order valence-electron chi connectivity index (χ4n) is 7.05. The molecule has 0 unspecified atom stereocenters. The highest BCUT2D eigenvalue weighted by atomic mass is 32.1. The molecule has 45 heavy (non-hydrogen) atoms. The van der Waals surface area contributed by atoms with Crippen molar-refractivity contribution in [2.24, 2.45) is 0 Å². The molecule has 210 valence electrons. The number of benzene rings is 6. The highest BCUT2D eigenvalue weighted by molar-refractivity contribution is 7.26. The Balaban J connectivity index is 1.23. The molecule has 4 nitrogen and oxygen atoms in total. The fourth-order valence-corrected chi connectivity index (χ4v) is 8.20. The quantitative estimate of drug-likeness (QED) is 0.205. The van der Waals surface area contributed by atoms with E-state index >= 15 is 0 Å². The van der Waals surface area contributed by atoms with Crippen LogP contribution in [0, 0.1) is 0 Å². The number of hydrogen-bond donors (Lipinski definition) is 0. The van der Waals surface area contributed by atoms with Crippen LogP contribution in [0.1, 0.15) is 0 Å². The molecule has 0 saturated carbocycles. The summed E-state index contributed by atoms with van der Waals surface area (Å²) in [6.07, 6.45) is 1.72. The second kappa shape index (κ2) is 9.36. The van der Waals surface area contributed by atoms with Crippen LogP contribution in [0.15, 0.2) is 146 Å². The largest absolute Gasteiger partial charge is 0.309 e. The minimum Gasteiger partial charge on any atom is -0.309 e. The lowest BCUT2D eigenvalue weighted by Crippen LogP contribution is -1.98. The molecule has 6 aromatic carbocycles. The molecule has 0 aliphatic carbocycles. The lowest BCUT2D eigenvalue weighted by molar-refractivity contribution is 1.08. The monoisotopic (exact) mass is 592 g/mol. The van der Waals surface area contributed by atoms with Crippen LogP contribution in [-0.2, 0) is 0 Å². The summed E-state index contributed by atoms with van der Waals surface area (Å²) in [5, 5.41) is 6.07. The maximum atomic E-state index is 4.91. The van der Waals surface area contributed by atoms with E-state index in [1.807, 2.05) is 0 Å². The van der Waals surface area contributed by atoms with Crippen molar-refractivity contribution >= 4 is 75.3 Å². The van der Waals surface area contributed by atoms with Gasteiger partial charge in [-0.3, -0.25) is 4.57 Å². The van der Waals surface area contributed by atoms with Crippen LogP contribution < -0.4 is 0 Å². The van der Waals surface area contributed by atoms with E-state index in [0.29, 0.717) is 0 Å². The molecule has 4 heterocycles. The summed E-state index contributed by atoms with van der Waals surface area (Å²) in [4.78, 5) is 9.78. The number of fused-ring (bicyclic) bond motifs is 9. The first-order valence-electron chi connectivity index (χ1n) is 15.1. The molecule has 0 aliphatic rings. The minimum absolute atomic E-state index is 0.924. The molecule has 0 amide bonds. The van der Waals surface area contributed by atoms with Gasteiger partial charge in [-0.05, 0) is 53.6 Å². The zero-order valence-electron chi connectivity index (χ0n) is 24.1. The molecule has 0 fully saturated rings. The van der Waals surface area contributed by atoms with Gasteiger partial charge in [-0.2, -0.15) is 0 Å². The predicted octanol–water partition coefficient (Wildman–Crippen LogP) is 10.7. The van der Waals surface area contributed by atoms with E-state index in [9.17, 15) is 0 Å². The topological polar surface area (TPSA) is 35.6 Å². The Labute approximate surface area is 262 Å². The molecular formula is C40H24N4S. The number of rotatable bonds is 3. The Morgan fingerprint density at radius 1 is 0.444 bits per heavy atom. The van der Waals surface area contributed by atoms with Crippen LogP contribution in [0.3, 0.4) is 0 Å². The van der Waals surface area contributed by atoms with E-state index in [4.69, 9.17) is 9.97 Å².